The van der Waals surface area contributed by atoms with Crippen molar-refractivity contribution in [1.29, 1.82) is 0 Å². The minimum absolute atomic E-state index is 0.0587. The summed E-state index contributed by atoms with van der Waals surface area (Å²) in [5.41, 5.74) is -1.46. The van der Waals surface area contributed by atoms with Gasteiger partial charge in [-0.1, -0.05) is 23.2 Å². The normalized spacial score (nSPS) is 11.5. The Labute approximate surface area is 134 Å². The molecule has 0 saturated carbocycles. The van der Waals surface area contributed by atoms with Crippen LogP contribution in [0.3, 0.4) is 0 Å². The molecule has 0 N–H and O–H groups in total. The number of rotatable bonds is 3. The molecule has 0 fully saturated rings. The summed E-state index contributed by atoms with van der Waals surface area (Å²) in [6.45, 7) is 1.70. The van der Waals surface area contributed by atoms with Crippen LogP contribution in [-0.4, -0.2) is 17.1 Å². The van der Waals surface area contributed by atoms with Crippen molar-refractivity contribution in [3.63, 3.8) is 0 Å². The minimum atomic E-state index is -4.68. The number of alkyl halides is 3. The first kappa shape index (κ1) is 16.7. The second-order valence-corrected chi connectivity index (χ2v) is 5.11. The quantitative estimate of drug-likeness (QED) is 0.730. The number of ether oxygens (including phenoxy) is 1. The standard InChI is InChI=1S/C14H10Cl2F3NO2/c1-2-22-13(21)11-4-3-5-20(11)12-9(14(17,18)19)6-8(15)7-10(12)16/h3-7H,2H2,1H3. The van der Waals surface area contributed by atoms with E-state index in [0.717, 1.165) is 10.6 Å². The van der Waals surface area contributed by atoms with Gasteiger partial charge in [0.05, 0.1) is 22.9 Å². The van der Waals surface area contributed by atoms with E-state index in [1.165, 1.54) is 24.4 Å². The monoisotopic (exact) mass is 351 g/mol. The van der Waals surface area contributed by atoms with E-state index >= 15 is 0 Å². The largest absolute Gasteiger partial charge is 0.461 e. The number of esters is 1. The maximum atomic E-state index is 13.2. The summed E-state index contributed by atoms with van der Waals surface area (Å²) in [6.07, 6.45) is -3.38. The molecule has 0 aliphatic carbocycles. The number of aromatic nitrogens is 1. The van der Waals surface area contributed by atoms with Gasteiger partial charge in [0.15, 0.2) is 0 Å². The number of hydrogen-bond donors (Lipinski definition) is 0. The van der Waals surface area contributed by atoms with Crippen molar-refractivity contribution >= 4 is 29.2 Å². The molecule has 1 aromatic carbocycles. The molecule has 0 aliphatic heterocycles. The molecule has 118 valence electrons. The van der Waals surface area contributed by atoms with Gasteiger partial charge < -0.3 is 9.30 Å². The lowest BCUT2D eigenvalue weighted by Crippen LogP contribution is -2.15. The molecule has 2 rings (SSSR count). The van der Waals surface area contributed by atoms with Gasteiger partial charge >= 0.3 is 12.1 Å². The molecule has 0 radical (unpaired) electrons. The molecule has 0 aliphatic rings. The zero-order valence-corrected chi connectivity index (χ0v) is 12.8. The average molecular weight is 352 g/mol. The van der Waals surface area contributed by atoms with E-state index < -0.39 is 17.7 Å². The fourth-order valence-electron chi connectivity index (χ4n) is 1.97. The zero-order chi connectivity index (χ0) is 16.5. The molecule has 1 aromatic heterocycles. The lowest BCUT2D eigenvalue weighted by atomic mass is 10.1. The molecular weight excluding hydrogens is 342 g/mol. The van der Waals surface area contributed by atoms with Crippen molar-refractivity contribution in [1.82, 2.24) is 4.57 Å². The number of benzene rings is 1. The molecule has 0 bridgehead atoms. The summed E-state index contributed by atoms with van der Waals surface area (Å²) in [5, 5.41) is -0.368. The second-order valence-electron chi connectivity index (χ2n) is 4.27. The first-order valence-electron chi connectivity index (χ1n) is 6.16. The van der Waals surface area contributed by atoms with Crippen LogP contribution in [0.15, 0.2) is 30.5 Å². The maximum Gasteiger partial charge on any atom is 0.418 e. The van der Waals surface area contributed by atoms with Crippen LogP contribution in [0.2, 0.25) is 10.0 Å². The van der Waals surface area contributed by atoms with Crippen LogP contribution in [0.25, 0.3) is 5.69 Å². The Kier molecular flexibility index (Phi) is 4.72. The minimum Gasteiger partial charge on any atom is -0.461 e. The third kappa shape index (κ3) is 3.23. The van der Waals surface area contributed by atoms with E-state index in [1.54, 1.807) is 6.92 Å². The van der Waals surface area contributed by atoms with Crippen molar-refractivity contribution in [3.05, 3.63) is 51.8 Å². The highest BCUT2D eigenvalue weighted by Crippen LogP contribution is 2.40. The predicted octanol–water partition coefficient (Wildman–Crippen LogP) is 4.98. The van der Waals surface area contributed by atoms with E-state index in [0.29, 0.717) is 0 Å². The molecule has 0 spiro atoms. The summed E-state index contributed by atoms with van der Waals surface area (Å²) >= 11 is 11.6. The van der Waals surface area contributed by atoms with E-state index in [2.05, 4.69) is 0 Å². The van der Waals surface area contributed by atoms with E-state index in [1.807, 2.05) is 0 Å². The molecule has 22 heavy (non-hydrogen) atoms. The number of nitrogens with zero attached hydrogens (tertiary/aromatic N) is 1. The van der Waals surface area contributed by atoms with E-state index in [9.17, 15) is 18.0 Å². The predicted molar refractivity (Wildman–Crippen MR) is 76.7 cm³/mol. The van der Waals surface area contributed by atoms with E-state index in [-0.39, 0.29) is 28.0 Å². The lowest BCUT2D eigenvalue weighted by molar-refractivity contribution is -0.137. The van der Waals surface area contributed by atoms with Crippen LogP contribution >= 0.6 is 23.2 Å². The van der Waals surface area contributed by atoms with Crippen molar-refractivity contribution in [2.24, 2.45) is 0 Å². The molecule has 8 heteroatoms. The first-order chi connectivity index (χ1) is 10.3. The molecule has 3 nitrogen and oxygen atoms in total. The molecular formula is C14H10Cl2F3NO2. The molecule has 1 heterocycles. The highest BCUT2D eigenvalue weighted by Gasteiger charge is 2.36. The summed E-state index contributed by atoms with van der Waals surface area (Å²) in [7, 11) is 0. The summed E-state index contributed by atoms with van der Waals surface area (Å²) in [5.74, 6) is -0.744. The van der Waals surface area contributed by atoms with Crippen molar-refractivity contribution in [3.8, 4) is 5.69 Å². The SMILES string of the molecule is CCOC(=O)c1cccn1-c1c(Cl)cc(Cl)cc1C(F)(F)F. The number of carbonyl (C=O) groups is 1. The van der Waals surface area contributed by atoms with Gasteiger partial charge in [-0.2, -0.15) is 13.2 Å². The van der Waals surface area contributed by atoms with E-state index in [4.69, 9.17) is 27.9 Å². The van der Waals surface area contributed by atoms with Crippen LogP contribution in [-0.2, 0) is 10.9 Å². The molecule has 0 atom stereocenters. The van der Waals surface area contributed by atoms with Gasteiger partial charge in [0, 0.05) is 11.2 Å². The third-order valence-electron chi connectivity index (χ3n) is 2.81. The summed E-state index contributed by atoms with van der Waals surface area (Å²) in [4.78, 5) is 11.8. The van der Waals surface area contributed by atoms with Gasteiger partial charge in [-0.25, -0.2) is 4.79 Å². The Balaban J connectivity index is 2.69. The zero-order valence-electron chi connectivity index (χ0n) is 11.2. The Morgan fingerprint density at radius 2 is 2.00 bits per heavy atom. The fourth-order valence-corrected chi connectivity index (χ4v) is 2.56. The van der Waals surface area contributed by atoms with Crippen molar-refractivity contribution in [2.75, 3.05) is 6.61 Å². The summed E-state index contributed by atoms with van der Waals surface area (Å²) < 4.78 is 45.6. The van der Waals surface area contributed by atoms with Gasteiger partial charge in [-0.3, -0.25) is 0 Å². The Hall–Kier alpha value is -1.66. The van der Waals surface area contributed by atoms with Crippen LogP contribution in [0.1, 0.15) is 23.0 Å². The van der Waals surface area contributed by atoms with Crippen LogP contribution in [0, 0.1) is 0 Å². The van der Waals surface area contributed by atoms with Crippen molar-refractivity contribution < 1.29 is 22.7 Å². The molecule has 0 unspecified atom stereocenters. The number of carbonyl (C=O) groups excluding carboxylic acids is 1. The topological polar surface area (TPSA) is 31.2 Å². The fraction of sp³-hybridized carbons (Fsp3) is 0.214. The number of hydrogen-bond acceptors (Lipinski definition) is 2. The van der Waals surface area contributed by atoms with Gasteiger partial charge in [0.1, 0.15) is 5.69 Å². The highest BCUT2D eigenvalue weighted by atomic mass is 35.5. The van der Waals surface area contributed by atoms with Crippen LogP contribution < -0.4 is 0 Å². The molecule has 0 amide bonds. The second kappa shape index (κ2) is 6.22. The smallest absolute Gasteiger partial charge is 0.418 e. The first-order valence-corrected chi connectivity index (χ1v) is 6.92. The lowest BCUT2D eigenvalue weighted by Gasteiger charge is -2.17. The Bertz CT molecular complexity index is 711. The van der Waals surface area contributed by atoms with Crippen LogP contribution in [0.5, 0.6) is 0 Å². The number of halogens is 5. The van der Waals surface area contributed by atoms with Gasteiger partial charge in [0.25, 0.3) is 0 Å². The molecule has 2 aromatic rings. The van der Waals surface area contributed by atoms with Crippen molar-refractivity contribution in [2.45, 2.75) is 13.1 Å². The van der Waals surface area contributed by atoms with Crippen LogP contribution in [0.4, 0.5) is 13.2 Å². The van der Waals surface area contributed by atoms with Gasteiger partial charge in [-0.15, -0.1) is 0 Å². The summed E-state index contributed by atoms with van der Waals surface area (Å²) in [6, 6.07) is 4.72. The molecule has 0 saturated heterocycles. The third-order valence-corrected chi connectivity index (χ3v) is 3.31. The van der Waals surface area contributed by atoms with Gasteiger partial charge in [-0.05, 0) is 31.2 Å². The highest BCUT2D eigenvalue weighted by molar-refractivity contribution is 6.36. The Morgan fingerprint density at radius 1 is 1.32 bits per heavy atom. The maximum absolute atomic E-state index is 13.2. The van der Waals surface area contributed by atoms with Gasteiger partial charge in [0.2, 0.25) is 0 Å². The average Bonchev–Trinajstić information content (AvgIpc) is 2.86. The Morgan fingerprint density at radius 3 is 2.59 bits per heavy atom.